The molecule has 0 saturated carbocycles. The number of hydrogen-bond donors (Lipinski definition) is 0. The van der Waals surface area contributed by atoms with Crippen molar-refractivity contribution in [2.45, 2.75) is 66.3 Å². The van der Waals surface area contributed by atoms with Crippen molar-refractivity contribution in [3.05, 3.63) is 51.0 Å². The molecule has 28 heavy (non-hydrogen) atoms. The molecule has 4 heteroatoms. The Morgan fingerprint density at radius 1 is 1.25 bits per heavy atom. The van der Waals surface area contributed by atoms with Gasteiger partial charge in [-0.1, -0.05) is 6.07 Å². The number of ether oxygens (including phenoxy) is 1. The summed E-state index contributed by atoms with van der Waals surface area (Å²) in [5, 5.41) is 0. The van der Waals surface area contributed by atoms with Gasteiger partial charge in [-0.2, -0.15) is 0 Å². The summed E-state index contributed by atoms with van der Waals surface area (Å²) in [4.78, 5) is 10.2. The molecule has 154 valence electrons. The molecule has 0 amide bonds. The maximum atomic E-state index is 5.98. The van der Waals surface area contributed by atoms with Crippen molar-refractivity contribution in [3.8, 4) is 0 Å². The van der Waals surface area contributed by atoms with Crippen molar-refractivity contribution in [1.29, 1.82) is 0 Å². The van der Waals surface area contributed by atoms with Crippen molar-refractivity contribution in [3.63, 3.8) is 0 Å². The van der Waals surface area contributed by atoms with Gasteiger partial charge < -0.3 is 4.74 Å². The second-order valence-corrected chi connectivity index (χ2v) is 10.3. The van der Waals surface area contributed by atoms with Gasteiger partial charge in [-0.25, -0.2) is 0 Å². The van der Waals surface area contributed by atoms with Gasteiger partial charge in [-0.15, -0.1) is 11.3 Å². The lowest BCUT2D eigenvalue weighted by Crippen LogP contribution is -2.42. The first-order valence-electron chi connectivity index (χ1n) is 10.6. The first-order chi connectivity index (χ1) is 13.3. The summed E-state index contributed by atoms with van der Waals surface area (Å²) in [7, 11) is 0. The standard InChI is InChI=1S/C24H36N2OS/c1-7-27-17-24(11-10-22-14-18(2)20(4)28-22)12-13-26(16-24)23(5,6)21-9-8-19(3)25-15-21/h8-9,14-15H,7,10-13,16-17H2,1-6H3. The van der Waals surface area contributed by atoms with Crippen LogP contribution < -0.4 is 0 Å². The Hall–Kier alpha value is -1.23. The summed E-state index contributed by atoms with van der Waals surface area (Å²) in [6, 6.07) is 6.74. The third-order valence-corrected chi connectivity index (χ3v) is 7.79. The highest BCUT2D eigenvalue weighted by atomic mass is 32.1. The van der Waals surface area contributed by atoms with Gasteiger partial charge >= 0.3 is 0 Å². The van der Waals surface area contributed by atoms with E-state index in [0.29, 0.717) is 0 Å². The molecular weight excluding hydrogens is 364 g/mol. The molecule has 0 aromatic carbocycles. The second-order valence-electron chi connectivity index (χ2n) is 9.01. The fourth-order valence-electron chi connectivity index (χ4n) is 4.30. The SMILES string of the molecule is CCOCC1(CCc2cc(C)c(C)s2)CCN(C(C)(C)c2ccc(C)nc2)C1. The van der Waals surface area contributed by atoms with Crippen molar-refractivity contribution < 1.29 is 4.74 Å². The Bertz CT molecular complexity index is 761. The first-order valence-corrected chi connectivity index (χ1v) is 11.4. The van der Waals surface area contributed by atoms with E-state index >= 15 is 0 Å². The number of nitrogens with zero attached hydrogens (tertiary/aromatic N) is 2. The average molecular weight is 401 g/mol. The zero-order chi connectivity index (χ0) is 20.4. The van der Waals surface area contributed by atoms with Crippen LogP contribution in [0, 0.1) is 26.2 Å². The van der Waals surface area contributed by atoms with Crippen LogP contribution in [-0.4, -0.2) is 36.2 Å². The molecule has 1 saturated heterocycles. The molecule has 3 heterocycles. The van der Waals surface area contributed by atoms with E-state index in [4.69, 9.17) is 4.74 Å². The molecular formula is C24H36N2OS. The number of rotatable bonds is 8. The van der Waals surface area contributed by atoms with Gasteiger partial charge in [0.05, 0.1) is 6.61 Å². The highest BCUT2D eigenvalue weighted by Gasteiger charge is 2.43. The molecule has 0 N–H and O–H groups in total. The number of aryl methyl sites for hydroxylation is 4. The minimum atomic E-state index is -0.00915. The largest absolute Gasteiger partial charge is 0.381 e. The normalized spacial score (nSPS) is 20.8. The maximum Gasteiger partial charge on any atom is 0.0535 e. The molecule has 1 fully saturated rings. The number of likely N-dealkylation sites (tertiary alicyclic amines) is 1. The number of hydrogen-bond acceptors (Lipinski definition) is 4. The number of aromatic nitrogens is 1. The van der Waals surface area contributed by atoms with Crippen LogP contribution in [-0.2, 0) is 16.7 Å². The van der Waals surface area contributed by atoms with Crippen molar-refractivity contribution in [2.24, 2.45) is 5.41 Å². The summed E-state index contributed by atoms with van der Waals surface area (Å²) in [6.07, 6.45) is 5.62. The van der Waals surface area contributed by atoms with Gasteiger partial charge in [0, 0.05) is 45.8 Å². The third-order valence-electron chi connectivity index (χ3n) is 6.58. The fourth-order valence-corrected chi connectivity index (χ4v) is 5.35. The highest BCUT2D eigenvalue weighted by Crippen LogP contribution is 2.42. The second kappa shape index (κ2) is 8.64. The zero-order valence-corrected chi connectivity index (χ0v) is 19.3. The van der Waals surface area contributed by atoms with Gasteiger partial charge in [0.2, 0.25) is 0 Å². The summed E-state index contributed by atoms with van der Waals surface area (Å²) >= 11 is 1.96. The monoisotopic (exact) mass is 400 g/mol. The molecule has 1 aliphatic heterocycles. The van der Waals surface area contributed by atoms with Gasteiger partial charge in [0.15, 0.2) is 0 Å². The quantitative estimate of drug-likeness (QED) is 0.571. The summed E-state index contributed by atoms with van der Waals surface area (Å²) < 4.78 is 5.98. The van der Waals surface area contributed by atoms with E-state index in [9.17, 15) is 0 Å². The Morgan fingerprint density at radius 3 is 2.64 bits per heavy atom. The van der Waals surface area contributed by atoms with E-state index in [1.807, 2.05) is 18.3 Å². The number of thiophene rings is 1. The minimum Gasteiger partial charge on any atom is -0.381 e. The van der Waals surface area contributed by atoms with Gasteiger partial charge in [-0.3, -0.25) is 9.88 Å². The topological polar surface area (TPSA) is 25.4 Å². The Balaban J connectivity index is 1.74. The van der Waals surface area contributed by atoms with E-state index in [2.05, 4.69) is 68.9 Å². The van der Waals surface area contributed by atoms with Crippen LogP contribution in [0.25, 0.3) is 0 Å². The van der Waals surface area contributed by atoms with Crippen molar-refractivity contribution in [2.75, 3.05) is 26.3 Å². The molecule has 1 aliphatic rings. The Labute approximate surface area is 175 Å². The molecule has 0 radical (unpaired) electrons. The lowest BCUT2D eigenvalue weighted by atomic mass is 9.82. The van der Waals surface area contributed by atoms with E-state index in [-0.39, 0.29) is 11.0 Å². The molecule has 3 rings (SSSR count). The van der Waals surface area contributed by atoms with E-state index in [1.165, 1.54) is 33.7 Å². The van der Waals surface area contributed by atoms with Crippen LogP contribution >= 0.6 is 11.3 Å². The van der Waals surface area contributed by atoms with E-state index in [0.717, 1.165) is 38.4 Å². The zero-order valence-electron chi connectivity index (χ0n) is 18.5. The molecule has 1 unspecified atom stereocenters. The smallest absolute Gasteiger partial charge is 0.0535 e. The molecule has 2 aromatic heterocycles. The summed E-state index contributed by atoms with van der Waals surface area (Å²) in [5.41, 5.74) is 4.05. The lowest BCUT2D eigenvalue weighted by molar-refractivity contribution is 0.0386. The van der Waals surface area contributed by atoms with E-state index < -0.39 is 0 Å². The molecule has 2 aromatic rings. The van der Waals surface area contributed by atoms with Crippen molar-refractivity contribution in [1.82, 2.24) is 9.88 Å². The summed E-state index contributed by atoms with van der Waals surface area (Å²) in [5.74, 6) is 0. The minimum absolute atomic E-state index is 0.00915. The molecule has 0 aliphatic carbocycles. The predicted molar refractivity (Wildman–Crippen MR) is 119 cm³/mol. The lowest BCUT2D eigenvalue weighted by Gasteiger charge is -2.38. The van der Waals surface area contributed by atoms with Crippen LogP contribution in [0.4, 0.5) is 0 Å². The van der Waals surface area contributed by atoms with Gasteiger partial charge in [-0.05, 0) is 90.6 Å². The maximum absolute atomic E-state index is 5.98. The number of pyridine rings is 1. The molecule has 1 atom stereocenters. The molecule has 3 nitrogen and oxygen atoms in total. The first kappa shape index (κ1) is 21.5. The predicted octanol–water partition coefficient (Wildman–Crippen LogP) is 5.66. The molecule has 0 bridgehead atoms. The van der Waals surface area contributed by atoms with Crippen molar-refractivity contribution >= 4 is 11.3 Å². The average Bonchev–Trinajstić information content (AvgIpc) is 3.23. The summed E-state index contributed by atoms with van der Waals surface area (Å²) in [6.45, 7) is 17.2. The molecule has 0 spiro atoms. The van der Waals surface area contributed by atoms with Crippen LogP contribution in [0.15, 0.2) is 24.4 Å². The van der Waals surface area contributed by atoms with Crippen LogP contribution in [0.3, 0.4) is 0 Å². The van der Waals surface area contributed by atoms with E-state index in [1.54, 1.807) is 0 Å². The highest BCUT2D eigenvalue weighted by molar-refractivity contribution is 7.12. The third kappa shape index (κ3) is 4.67. The Morgan fingerprint density at radius 2 is 2.04 bits per heavy atom. The van der Waals surface area contributed by atoms with Gasteiger partial charge in [0.1, 0.15) is 0 Å². The van der Waals surface area contributed by atoms with Crippen LogP contribution in [0.1, 0.15) is 60.2 Å². The Kier molecular flexibility index (Phi) is 6.63. The fraction of sp³-hybridized carbons (Fsp3) is 0.625. The van der Waals surface area contributed by atoms with Crippen LogP contribution in [0.2, 0.25) is 0 Å². The van der Waals surface area contributed by atoms with Crippen LogP contribution in [0.5, 0.6) is 0 Å². The van der Waals surface area contributed by atoms with Gasteiger partial charge in [0.25, 0.3) is 0 Å².